The van der Waals surface area contributed by atoms with Crippen LogP contribution in [0.1, 0.15) is 23.8 Å². The Labute approximate surface area is 119 Å². The molecule has 19 heavy (non-hydrogen) atoms. The number of carbonyl (C=O) groups is 1. The van der Waals surface area contributed by atoms with Crippen molar-refractivity contribution in [1.82, 2.24) is 10.2 Å². The van der Waals surface area contributed by atoms with Crippen molar-refractivity contribution in [3.05, 3.63) is 35.9 Å². The molecule has 1 aliphatic heterocycles. The normalized spacial score (nSPS) is 21.9. The first-order valence-corrected chi connectivity index (χ1v) is 7.25. The topological polar surface area (TPSA) is 32.3 Å². The molecule has 0 aromatic heterocycles. The molecular formula is C15H21ClN2O. The fraction of sp³-hybridized carbons (Fsp3) is 0.533. The first kappa shape index (κ1) is 14.4. The van der Waals surface area contributed by atoms with E-state index in [0.29, 0.717) is 5.92 Å². The summed E-state index contributed by atoms with van der Waals surface area (Å²) in [5.41, 5.74) is 0.849. The number of hydrogen-bond acceptors (Lipinski definition) is 2. The Hall–Kier alpha value is -1.06. The molecule has 3 nitrogen and oxygen atoms in total. The summed E-state index contributed by atoms with van der Waals surface area (Å²) in [7, 11) is 2.13. The number of benzene rings is 1. The van der Waals surface area contributed by atoms with Crippen LogP contribution in [0.15, 0.2) is 30.3 Å². The summed E-state index contributed by atoms with van der Waals surface area (Å²) >= 11 is 6.18. The van der Waals surface area contributed by atoms with Crippen LogP contribution in [-0.2, 0) is 4.79 Å². The lowest BCUT2D eigenvalue weighted by Gasteiger charge is -2.29. The van der Waals surface area contributed by atoms with Crippen LogP contribution in [0.4, 0.5) is 0 Å². The number of nitrogens with one attached hydrogen (secondary N) is 1. The Kier molecular flexibility index (Phi) is 5.23. The van der Waals surface area contributed by atoms with Gasteiger partial charge in [0.2, 0.25) is 5.91 Å². The fourth-order valence-corrected chi connectivity index (χ4v) is 2.77. The van der Waals surface area contributed by atoms with Crippen molar-refractivity contribution in [2.75, 3.05) is 26.7 Å². The zero-order valence-corrected chi connectivity index (χ0v) is 12.1. The predicted molar refractivity (Wildman–Crippen MR) is 78.3 cm³/mol. The van der Waals surface area contributed by atoms with Crippen LogP contribution in [0.5, 0.6) is 0 Å². The molecule has 1 heterocycles. The molecule has 1 amide bonds. The molecule has 0 radical (unpaired) electrons. The molecular weight excluding hydrogens is 260 g/mol. The minimum absolute atomic E-state index is 0.0962. The van der Waals surface area contributed by atoms with Gasteiger partial charge in [0.1, 0.15) is 5.38 Å². The van der Waals surface area contributed by atoms with Gasteiger partial charge < -0.3 is 10.2 Å². The van der Waals surface area contributed by atoms with E-state index < -0.39 is 5.38 Å². The minimum atomic E-state index is -0.595. The second-order valence-corrected chi connectivity index (χ2v) is 5.73. The number of carbonyl (C=O) groups excluding carboxylic acids is 1. The van der Waals surface area contributed by atoms with Gasteiger partial charge in [-0.05, 0) is 37.9 Å². The minimum Gasteiger partial charge on any atom is -0.354 e. The van der Waals surface area contributed by atoms with E-state index in [1.807, 2.05) is 30.3 Å². The summed E-state index contributed by atoms with van der Waals surface area (Å²) in [4.78, 5) is 14.3. The molecule has 0 saturated carbocycles. The second-order valence-electron chi connectivity index (χ2n) is 5.29. The van der Waals surface area contributed by atoms with Gasteiger partial charge >= 0.3 is 0 Å². The zero-order valence-electron chi connectivity index (χ0n) is 11.3. The van der Waals surface area contributed by atoms with Crippen molar-refractivity contribution in [3.63, 3.8) is 0 Å². The quantitative estimate of drug-likeness (QED) is 0.859. The van der Waals surface area contributed by atoms with E-state index >= 15 is 0 Å². The van der Waals surface area contributed by atoms with Gasteiger partial charge in [0.25, 0.3) is 0 Å². The number of piperidine rings is 1. The number of amides is 1. The molecule has 1 aromatic carbocycles. The third-order valence-electron chi connectivity index (χ3n) is 3.61. The van der Waals surface area contributed by atoms with E-state index in [0.717, 1.165) is 25.2 Å². The molecule has 104 valence electrons. The average molecular weight is 281 g/mol. The highest BCUT2D eigenvalue weighted by molar-refractivity contribution is 6.30. The maximum Gasteiger partial charge on any atom is 0.242 e. The molecule has 1 saturated heterocycles. The number of alkyl halides is 1. The summed E-state index contributed by atoms with van der Waals surface area (Å²) in [6, 6.07) is 9.47. The van der Waals surface area contributed by atoms with Crippen molar-refractivity contribution < 1.29 is 4.79 Å². The molecule has 2 atom stereocenters. The smallest absolute Gasteiger partial charge is 0.242 e. The third-order valence-corrected chi connectivity index (χ3v) is 4.06. The molecule has 2 rings (SSSR count). The predicted octanol–water partition coefficient (Wildman–Crippen LogP) is 2.42. The SMILES string of the molecule is CN1CCCC(CNC(=O)C(Cl)c2ccccc2)C1. The van der Waals surface area contributed by atoms with E-state index in [1.165, 1.54) is 12.8 Å². The average Bonchev–Trinajstić information content (AvgIpc) is 2.45. The lowest BCUT2D eigenvalue weighted by molar-refractivity contribution is -0.121. The number of rotatable bonds is 4. The van der Waals surface area contributed by atoms with Gasteiger partial charge in [0.05, 0.1) is 0 Å². The Balaban J connectivity index is 1.81. The lowest BCUT2D eigenvalue weighted by Crippen LogP contribution is -2.39. The summed E-state index contributed by atoms with van der Waals surface area (Å²) in [6.45, 7) is 2.93. The second kappa shape index (κ2) is 6.92. The monoisotopic (exact) mass is 280 g/mol. The summed E-state index contributed by atoms with van der Waals surface area (Å²) in [6.07, 6.45) is 2.39. The maximum absolute atomic E-state index is 12.0. The summed E-state index contributed by atoms with van der Waals surface area (Å²) < 4.78 is 0. The van der Waals surface area contributed by atoms with Gasteiger partial charge in [-0.2, -0.15) is 0 Å². The molecule has 0 aliphatic carbocycles. The van der Waals surface area contributed by atoms with Crippen LogP contribution in [0.25, 0.3) is 0 Å². The van der Waals surface area contributed by atoms with Crippen molar-refractivity contribution in [1.29, 1.82) is 0 Å². The molecule has 1 aliphatic rings. The van der Waals surface area contributed by atoms with Gasteiger partial charge in [-0.25, -0.2) is 0 Å². The van der Waals surface area contributed by atoms with Crippen molar-refractivity contribution in [3.8, 4) is 0 Å². The highest BCUT2D eigenvalue weighted by Crippen LogP contribution is 2.20. The molecule has 0 bridgehead atoms. The van der Waals surface area contributed by atoms with Crippen LogP contribution >= 0.6 is 11.6 Å². The fourth-order valence-electron chi connectivity index (χ4n) is 2.55. The molecule has 2 unspecified atom stereocenters. The van der Waals surface area contributed by atoms with Crippen LogP contribution < -0.4 is 5.32 Å². The zero-order chi connectivity index (χ0) is 13.7. The Morgan fingerprint density at radius 2 is 2.21 bits per heavy atom. The van der Waals surface area contributed by atoms with E-state index in [9.17, 15) is 4.79 Å². The number of nitrogens with zero attached hydrogens (tertiary/aromatic N) is 1. The van der Waals surface area contributed by atoms with E-state index in [4.69, 9.17) is 11.6 Å². The first-order chi connectivity index (χ1) is 9.16. The highest BCUT2D eigenvalue weighted by Gasteiger charge is 2.21. The largest absolute Gasteiger partial charge is 0.354 e. The molecule has 1 aromatic rings. The van der Waals surface area contributed by atoms with Gasteiger partial charge in [0, 0.05) is 13.1 Å². The Morgan fingerprint density at radius 1 is 1.47 bits per heavy atom. The number of halogens is 1. The number of hydrogen-bond donors (Lipinski definition) is 1. The van der Waals surface area contributed by atoms with Crippen LogP contribution in [-0.4, -0.2) is 37.5 Å². The van der Waals surface area contributed by atoms with Gasteiger partial charge in [0.15, 0.2) is 0 Å². The van der Waals surface area contributed by atoms with E-state index in [2.05, 4.69) is 17.3 Å². The number of likely N-dealkylation sites (tertiary alicyclic amines) is 1. The Morgan fingerprint density at radius 3 is 2.89 bits per heavy atom. The van der Waals surface area contributed by atoms with Gasteiger partial charge in [-0.3, -0.25) is 4.79 Å². The van der Waals surface area contributed by atoms with Crippen LogP contribution in [0.3, 0.4) is 0 Å². The van der Waals surface area contributed by atoms with Crippen molar-refractivity contribution in [2.24, 2.45) is 5.92 Å². The summed E-state index contributed by atoms with van der Waals surface area (Å²) in [5.74, 6) is 0.448. The third kappa shape index (κ3) is 4.22. The summed E-state index contributed by atoms with van der Waals surface area (Å²) in [5, 5.41) is 2.38. The van der Waals surface area contributed by atoms with Crippen molar-refractivity contribution in [2.45, 2.75) is 18.2 Å². The molecule has 0 spiro atoms. The molecule has 1 N–H and O–H groups in total. The highest BCUT2D eigenvalue weighted by atomic mass is 35.5. The lowest BCUT2D eigenvalue weighted by atomic mass is 9.98. The van der Waals surface area contributed by atoms with E-state index in [1.54, 1.807) is 0 Å². The standard InChI is InChI=1S/C15H21ClN2O/c1-18-9-5-6-12(11-18)10-17-15(19)14(16)13-7-3-2-4-8-13/h2-4,7-8,12,14H,5-6,9-11H2,1H3,(H,17,19). The van der Waals surface area contributed by atoms with Gasteiger partial charge in [-0.1, -0.05) is 30.3 Å². The van der Waals surface area contributed by atoms with Crippen LogP contribution in [0, 0.1) is 5.92 Å². The van der Waals surface area contributed by atoms with E-state index in [-0.39, 0.29) is 5.91 Å². The maximum atomic E-state index is 12.0. The van der Waals surface area contributed by atoms with Crippen LogP contribution in [0.2, 0.25) is 0 Å². The van der Waals surface area contributed by atoms with Gasteiger partial charge in [-0.15, -0.1) is 11.6 Å². The molecule has 1 fully saturated rings. The first-order valence-electron chi connectivity index (χ1n) is 6.82. The van der Waals surface area contributed by atoms with Crippen molar-refractivity contribution >= 4 is 17.5 Å². The molecule has 4 heteroatoms. The Bertz CT molecular complexity index is 410.